The van der Waals surface area contributed by atoms with Crippen LogP contribution in [-0.4, -0.2) is 46.3 Å². The molecule has 2 N–H and O–H groups in total. The van der Waals surface area contributed by atoms with Gasteiger partial charge >= 0.3 is 0 Å². The van der Waals surface area contributed by atoms with Crippen LogP contribution in [-0.2, 0) is 26.6 Å². The number of hydrogen-bond acceptors (Lipinski definition) is 3. The third-order valence-corrected chi connectivity index (χ3v) is 5.75. The minimum atomic E-state index is 0. The van der Waals surface area contributed by atoms with Gasteiger partial charge in [-0.25, -0.2) is 4.99 Å². The normalized spacial score (nSPS) is 15.4. The molecular weight excluding hydrogens is 475 g/mol. The summed E-state index contributed by atoms with van der Waals surface area (Å²) < 4.78 is 1.93. The summed E-state index contributed by atoms with van der Waals surface area (Å²) in [5, 5.41) is 11.4. The number of hydrogen-bond donors (Lipinski definition) is 2. The Labute approximate surface area is 192 Å². The maximum absolute atomic E-state index is 4.79. The fraction of sp³-hybridized carbons (Fsp3) is 0.545. The maximum atomic E-state index is 4.79. The van der Waals surface area contributed by atoms with Gasteiger partial charge < -0.3 is 10.6 Å². The SMILES string of the molecule is CCNC(=NCc1c(C)nn(C)c1C)NCC(C)N1CCc2ccccc2C1.I. The number of aromatic nitrogens is 2. The lowest BCUT2D eigenvalue weighted by atomic mass is 9.99. The van der Waals surface area contributed by atoms with Crippen LogP contribution in [0.4, 0.5) is 0 Å². The van der Waals surface area contributed by atoms with Crippen LogP contribution in [0.15, 0.2) is 29.3 Å². The Balaban J connectivity index is 0.00000300. The first-order chi connectivity index (χ1) is 13.5. The van der Waals surface area contributed by atoms with Gasteiger partial charge in [0.1, 0.15) is 0 Å². The molecule has 3 rings (SSSR count). The van der Waals surface area contributed by atoms with Crippen LogP contribution < -0.4 is 10.6 Å². The molecule has 29 heavy (non-hydrogen) atoms. The second-order valence-corrected chi connectivity index (χ2v) is 7.69. The van der Waals surface area contributed by atoms with Crippen molar-refractivity contribution in [3.63, 3.8) is 0 Å². The Kier molecular flexibility index (Phi) is 8.95. The quantitative estimate of drug-likeness (QED) is 0.356. The highest BCUT2D eigenvalue weighted by molar-refractivity contribution is 14.0. The Hall–Kier alpha value is -1.61. The van der Waals surface area contributed by atoms with E-state index in [1.54, 1.807) is 0 Å². The zero-order chi connectivity index (χ0) is 20.1. The van der Waals surface area contributed by atoms with Crippen LogP contribution in [0.5, 0.6) is 0 Å². The summed E-state index contributed by atoms with van der Waals surface area (Å²) in [5.74, 6) is 0.870. The average molecular weight is 510 g/mol. The second kappa shape index (κ2) is 11.0. The number of aryl methyl sites for hydroxylation is 2. The van der Waals surface area contributed by atoms with Crippen molar-refractivity contribution in [2.24, 2.45) is 12.0 Å². The summed E-state index contributed by atoms with van der Waals surface area (Å²) in [6, 6.07) is 9.24. The van der Waals surface area contributed by atoms with Crippen LogP contribution in [0.3, 0.4) is 0 Å². The Morgan fingerprint density at radius 2 is 1.93 bits per heavy atom. The van der Waals surface area contributed by atoms with Crippen LogP contribution in [0, 0.1) is 13.8 Å². The summed E-state index contributed by atoms with van der Waals surface area (Å²) in [5.41, 5.74) is 6.40. The predicted octanol–water partition coefficient (Wildman–Crippen LogP) is 3.16. The van der Waals surface area contributed by atoms with Crippen LogP contribution in [0.2, 0.25) is 0 Å². The van der Waals surface area contributed by atoms with Gasteiger partial charge in [0.15, 0.2) is 5.96 Å². The molecule has 1 atom stereocenters. The minimum Gasteiger partial charge on any atom is -0.357 e. The minimum absolute atomic E-state index is 0. The zero-order valence-electron chi connectivity index (χ0n) is 18.3. The van der Waals surface area contributed by atoms with Gasteiger partial charge in [-0.3, -0.25) is 9.58 Å². The van der Waals surface area contributed by atoms with Crippen molar-refractivity contribution in [2.45, 2.75) is 53.2 Å². The smallest absolute Gasteiger partial charge is 0.191 e. The maximum Gasteiger partial charge on any atom is 0.191 e. The van der Waals surface area contributed by atoms with E-state index in [0.717, 1.165) is 44.3 Å². The van der Waals surface area contributed by atoms with Gasteiger partial charge in [-0.15, -0.1) is 24.0 Å². The third kappa shape index (κ3) is 5.94. The number of fused-ring (bicyclic) bond motifs is 1. The fourth-order valence-corrected chi connectivity index (χ4v) is 3.81. The lowest BCUT2D eigenvalue weighted by molar-refractivity contribution is 0.191. The second-order valence-electron chi connectivity index (χ2n) is 7.69. The van der Waals surface area contributed by atoms with Gasteiger partial charge in [0.2, 0.25) is 0 Å². The molecule has 0 spiro atoms. The number of benzene rings is 1. The van der Waals surface area contributed by atoms with E-state index < -0.39 is 0 Å². The number of nitrogens with one attached hydrogen (secondary N) is 2. The highest BCUT2D eigenvalue weighted by Gasteiger charge is 2.20. The van der Waals surface area contributed by atoms with Gasteiger partial charge in [0.25, 0.3) is 0 Å². The zero-order valence-corrected chi connectivity index (χ0v) is 20.7. The van der Waals surface area contributed by atoms with E-state index in [1.807, 2.05) is 11.7 Å². The van der Waals surface area contributed by atoms with E-state index in [-0.39, 0.29) is 24.0 Å². The monoisotopic (exact) mass is 510 g/mol. The number of aliphatic imine (C=N–C) groups is 1. The molecule has 0 amide bonds. The van der Waals surface area contributed by atoms with Gasteiger partial charge in [0, 0.05) is 50.5 Å². The first-order valence-corrected chi connectivity index (χ1v) is 10.3. The van der Waals surface area contributed by atoms with Crippen LogP contribution in [0.25, 0.3) is 0 Å². The van der Waals surface area contributed by atoms with Crippen molar-refractivity contribution in [3.05, 3.63) is 52.3 Å². The highest BCUT2D eigenvalue weighted by atomic mass is 127. The molecule has 0 saturated carbocycles. The van der Waals surface area contributed by atoms with Crippen LogP contribution >= 0.6 is 24.0 Å². The number of guanidine groups is 1. The fourth-order valence-electron chi connectivity index (χ4n) is 3.81. The van der Waals surface area contributed by atoms with E-state index in [0.29, 0.717) is 12.6 Å². The third-order valence-electron chi connectivity index (χ3n) is 5.75. The van der Waals surface area contributed by atoms with Gasteiger partial charge in [0.05, 0.1) is 12.2 Å². The largest absolute Gasteiger partial charge is 0.357 e. The molecule has 2 aromatic rings. The van der Waals surface area contributed by atoms with E-state index in [1.165, 1.54) is 22.4 Å². The first kappa shape index (κ1) is 23.7. The molecule has 1 aliphatic rings. The molecule has 1 aromatic heterocycles. The molecule has 0 fully saturated rings. The van der Waals surface area contributed by atoms with Crippen molar-refractivity contribution in [1.29, 1.82) is 0 Å². The van der Waals surface area contributed by atoms with E-state index >= 15 is 0 Å². The molecule has 1 unspecified atom stereocenters. The van der Waals surface area contributed by atoms with Gasteiger partial charge in [-0.1, -0.05) is 24.3 Å². The molecular formula is C22H35IN6. The highest BCUT2D eigenvalue weighted by Crippen LogP contribution is 2.20. The molecule has 1 aliphatic heterocycles. The average Bonchev–Trinajstić information content (AvgIpc) is 2.94. The molecule has 0 bridgehead atoms. The van der Waals surface area contributed by atoms with Crippen molar-refractivity contribution >= 4 is 29.9 Å². The number of nitrogens with zero attached hydrogens (tertiary/aromatic N) is 4. The molecule has 1 aromatic carbocycles. The van der Waals surface area contributed by atoms with Gasteiger partial charge in [-0.2, -0.15) is 5.10 Å². The van der Waals surface area contributed by atoms with Crippen molar-refractivity contribution in [1.82, 2.24) is 25.3 Å². The summed E-state index contributed by atoms with van der Waals surface area (Å²) in [6.07, 6.45) is 1.13. The molecule has 6 nitrogen and oxygen atoms in total. The molecule has 2 heterocycles. The van der Waals surface area contributed by atoms with Crippen molar-refractivity contribution < 1.29 is 0 Å². The molecule has 0 aliphatic carbocycles. The van der Waals surface area contributed by atoms with E-state index in [4.69, 9.17) is 4.99 Å². The number of halogens is 1. The lowest BCUT2D eigenvalue weighted by Crippen LogP contribution is -2.47. The van der Waals surface area contributed by atoms with Gasteiger partial charge in [-0.05, 0) is 45.2 Å². The van der Waals surface area contributed by atoms with E-state index in [2.05, 4.69) is 72.6 Å². The van der Waals surface area contributed by atoms with Crippen LogP contribution in [0.1, 0.15) is 41.9 Å². The van der Waals surface area contributed by atoms with Crippen molar-refractivity contribution in [2.75, 3.05) is 19.6 Å². The summed E-state index contributed by atoms with van der Waals surface area (Å²) in [4.78, 5) is 7.34. The predicted molar refractivity (Wildman–Crippen MR) is 131 cm³/mol. The molecule has 7 heteroatoms. The Morgan fingerprint density at radius 3 is 2.59 bits per heavy atom. The summed E-state index contributed by atoms with van der Waals surface area (Å²) in [6.45, 7) is 13.1. The number of rotatable bonds is 6. The molecule has 160 valence electrons. The topological polar surface area (TPSA) is 57.5 Å². The lowest BCUT2D eigenvalue weighted by Gasteiger charge is -2.34. The van der Waals surface area contributed by atoms with E-state index in [9.17, 15) is 0 Å². The molecule has 0 radical (unpaired) electrons. The Morgan fingerprint density at radius 1 is 1.21 bits per heavy atom. The first-order valence-electron chi connectivity index (χ1n) is 10.3. The van der Waals surface area contributed by atoms with Crippen molar-refractivity contribution in [3.8, 4) is 0 Å². The summed E-state index contributed by atoms with van der Waals surface area (Å²) in [7, 11) is 1.98. The molecule has 0 saturated heterocycles. The standard InChI is InChI=1S/C22H34N6.HI/c1-6-23-22(25-14-21-17(3)26-27(5)18(21)4)24-13-16(2)28-12-11-19-9-7-8-10-20(19)15-28;/h7-10,16H,6,11-15H2,1-5H3,(H2,23,24,25);1H. The Bertz CT molecular complexity index is 829. The summed E-state index contributed by atoms with van der Waals surface area (Å²) >= 11 is 0.